The molecule has 1 fully saturated rings. The molecule has 1 saturated heterocycles. The minimum atomic E-state index is -0.116. The number of nitrogens with one attached hydrogen (secondary N) is 1. The first kappa shape index (κ1) is 19.0. The Kier molecular flexibility index (Phi) is 5.48. The highest BCUT2D eigenvalue weighted by atomic mass is 16.5. The fourth-order valence-electron chi connectivity index (χ4n) is 3.40. The maximum atomic E-state index is 12.4. The molecule has 0 bridgehead atoms. The number of hydrogen-bond donors (Lipinski definition) is 2. The fraction of sp³-hybridized carbons (Fsp3) is 0.273. The van der Waals surface area contributed by atoms with Crippen LogP contribution in [0.1, 0.15) is 5.56 Å². The van der Waals surface area contributed by atoms with E-state index in [9.17, 15) is 9.90 Å². The number of piperazine rings is 1. The summed E-state index contributed by atoms with van der Waals surface area (Å²) in [6.45, 7) is 5.58. The second-order valence-electron chi connectivity index (χ2n) is 7.27. The average molecular weight is 392 g/mol. The topological polar surface area (TPSA) is 81.8 Å². The summed E-state index contributed by atoms with van der Waals surface area (Å²) in [4.78, 5) is 16.7. The molecule has 3 aromatic rings. The molecule has 2 heterocycles. The molecule has 150 valence electrons. The molecule has 0 atom stereocenters. The molecule has 7 heteroatoms. The Bertz CT molecular complexity index is 958. The van der Waals surface area contributed by atoms with Gasteiger partial charge in [-0.15, -0.1) is 0 Å². The van der Waals surface area contributed by atoms with Crippen molar-refractivity contribution in [2.75, 3.05) is 42.9 Å². The van der Waals surface area contributed by atoms with E-state index in [0.29, 0.717) is 18.1 Å². The third kappa shape index (κ3) is 4.75. The molecule has 0 unspecified atom stereocenters. The number of amides is 1. The van der Waals surface area contributed by atoms with E-state index < -0.39 is 0 Å². The number of carbonyl (C=O) groups is 1. The second kappa shape index (κ2) is 8.36. The summed E-state index contributed by atoms with van der Waals surface area (Å²) < 4.78 is 5.26. The zero-order valence-corrected chi connectivity index (χ0v) is 16.3. The van der Waals surface area contributed by atoms with Gasteiger partial charge in [0.15, 0.2) is 0 Å². The first-order chi connectivity index (χ1) is 14.1. The first-order valence-electron chi connectivity index (χ1n) is 9.67. The highest BCUT2D eigenvalue weighted by Crippen LogP contribution is 2.22. The van der Waals surface area contributed by atoms with E-state index in [-0.39, 0.29) is 11.7 Å². The van der Waals surface area contributed by atoms with Crippen molar-refractivity contribution in [3.63, 3.8) is 0 Å². The molecule has 1 aliphatic heterocycles. The normalized spacial score (nSPS) is 14.7. The number of benzene rings is 2. The van der Waals surface area contributed by atoms with Crippen molar-refractivity contribution >= 4 is 17.5 Å². The van der Waals surface area contributed by atoms with Gasteiger partial charge in [-0.3, -0.25) is 15.0 Å². The molecule has 2 N–H and O–H groups in total. The highest BCUT2D eigenvalue weighted by molar-refractivity contribution is 5.91. The van der Waals surface area contributed by atoms with Crippen molar-refractivity contribution in [2.24, 2.45) is 0 Å². The molecule has 0 aliphatic carbocycles. The molecular weight excluding hydrogens is 368 g/mol. The SMILES string of the molecule is Cc1ccc(-c2cc(NC(=O)CN3CCN(c4ccc(O)cc4)CC3)on2)cc1. The number of nitrogens with zero attached hydrogens (tertiary/aromatic N) is 3. The van der Waals surface area contributed by atoms with E-state index in [1.807, 2.05) is 43.3 Å². The summed E-state index contributed by atoms with van der Waals surface area (Å²) in [6.07, 6.45) is 0. The Morgan fingerprint density at radius 3 is 2.45 bits per heavy atom. The third-order valence-corrected chi connectivity index (χ3v) is 5.07. The van der Waals surface area contributed by atoms with Gasteiger partial charge in [0.1, 0.15) is 11.4 Å². The van der Waals surface area contributed by atoms with Crippen LogP contribution in [0.25, 0.3) is 11.3 Å². The minimum absolute atomic E-state index is 0.116. The van der Waals surface area contributed by atoms with Crippen LogP contribution in [0.5, 0.6) is 5.75 Å². The predicted molar refractivity (Wildman–Crippen MR) is 112 cm³/mol. The summed E-state index contributed by atoms with van der Waals surface area (Å²) in [5.74, 6) is 0.505. The monoisotopic (exact) mass is 392 g/mol. The largest absolute Gasteiger partial charge is 0.508 e. The molecule has 1 aromatic heterocycles. The first-order valence-corrected chi connectivity index (χ1v) is 9.67. The number of hydrogen-bond acceptors (Lipinski definition) is 6. The number of aryl methyl sites for hydroxylation is 1. The van der Waals surface area contributed by atoms with Crippen molar-refractivity contribution in [3.8, 4) is 17.0 Å². The minimum Gasteiger partial charge on any atom is -0.508 e. The van der Waals surface area contributed by atoms with E-state index >= 15 is 0 Å². The number of anilines is 2. The Hall–Kier alpha value is -3.32. The molecule has 1 amide bonds. The highest BCUT2D eigenvalue weighted by Gasteiger charge is 2.20. The van der Waals surface area contributed by atoms with Crippen LogP contribution in [0.2, 0.25) is 0 Å². The summed E-state index contributed by atoms with van der Waals surface area (Å²) >= 11 is 0. The second-order valence-corrected chi connectivity index (χ2v) is 7.27. The van der Waals surface area contributed by atoms with Gasteiger partial charge in [-0.05, 0) is 31.2 Å². The van der Waals surface area contributed by atoms with Gasteiger partial charge in [0.2, 0.25) is 11.8 Å². The lowest BCUT2D eigenvalue weighted by molar-refractivity contribution is -0.117. The molecule has 0 spiro atoms. The summed E-state index contributed by atoms with van der Waals surface area (Å²) in [5.41, 5.74) is 3.90. The summed E-state index contributed by atoms with van der Waals surface area (Å²) in [5, 5.41) is 16.2. The van der Waals surface area contributed by atoms with Crippen LogP contribution in [-0.2, 0) is 4.79 Å². The average Bonchev–Trinajstić information content (AvgIpc) is 3.18. The Balaban J connectivity index is 1.27. The predicted octanol–water partition coefficient (Wildman–Crippen LogP) is 3.12. The zero-order valence-electron chi connectivity index (χ0n) is 16.3. The van der Waals surface area contributed by atoms with E-state index in [1.165, 1.54) is 5.56 Å². The van der Waals surface area contributed by atoms with E-state index in [2.05, 4.69) is 20.3 Å². The van der Waals surface area contributed by atoms with Crippen LogP contribution >= 0.6 is 0 Å². The van der Waals surface area contributed by atoms with Crippen molar-refractivity contribution in [3.05, 3.63) is 60.2 Å². The van der Waals surface area contributed by atoms with Gasteiger partial charge in [0, 0.05) is 43.5 Å². The third-order valence-electron chi connectivity index (χ3n) is 5.07. The molecule has 7 nitrogen and oxygen atoms in total. The van der Waals surface area contributed by atoms with Crippen LogP contribution in [0, 0.1) is 6.92 Å². The smallest absolute Gasteiger partial charge is 0.240 e. The van der Waals surface area contributed by atoms with E-state index in [1.54, 1.807) is 18.2 Å². The lowest BCUT2D eigenvalue weighted by Gasteiger charge is -2.35. The van der Waals surface area contributed by atoms with Crippen molar-refractivity contribution in [1.29, 1.82) is 0 Å². The van der Waals surface area contributed by atoms with Gasteiger partial charge in [-0.25, -0.2) is 0 Å². The lowest BCUT2D eigenvalue weighted by Crippen LogP contribution is -2.48. The van der Waals surface area contributed by atoms with Gasteiger partial charge in [-0.1, -0.05) is 35.0 Å². The summed E-state index contributed by atoms with van der Waals surface area (Å²) in [7, 11) is 0. The van der Waals surface area contributed by atoms with Crippen LogP contribution in [0.15, 0.2) is 59.1 Å². The number of phenols is 1. The molecule has 0 saturated carbocycles. The number of carbonyl (C=O) groups excluding carboxylic acids is 1. The van der Waals surface area contributed by atoms with Crippen molar-refractivity contribution in [1.82, 2.24) is 10.1 Å². The Morgan fingerprint density at radius 2 is 1.76 bits per heavy atom. The number of aromatic hydroxyl groups is 1. The van der Waals surface area contributed by atoms with Crippen molar-refractivity contribution < 1.29 is 14.4 Å². The molecule has 2 aromatic carbocycles. The Labute approximate surface area is 169 Å². The number of rotatable bonds is 5. The van der Waals surface area contributed by atoms with Gasteiger partial charge in [0.25, 0.3) is 0 Å². The summed E-state index contributed by atoms with van der Waals surface area (Å²) in [6, 6.07) is 16.9. The van der Waals surface area contributed by atoms with Gasteiger partial charge >= 0.3 is 0 Å². The lowest BCUT2D eigenvalue weighted by atomic mass is 10.1. The maximum absolute atomic E-state index is 12.4. The molecule has 4 rings (SSSR count). The van der Waals surface area contributed by atoms with Crippen LogP contribution in [0.3, 0.4) is 0 Å². The van der Waals surface area contributed by atoms with Gasteiger partial charge in [-0.2, -0.15) is 0 Å². The maximum Gasteiger partial charge on any atom is 0.240 e. The quantitative estimate of drug-likeness (QED) is 0.694. The van der Waals surface area contributed by atoms with Gasteiger partial charge < -0.3 is 14.5 Å². The molecule has 0 radical (unpaired) electrons. The standard InChI is InChI=1S/C22H24N4O3/c1-16-2-4-17(5-3-16)20-14-22(29-24-20)23-21(28)15-25-10-12-26(13-11-25)18-6-8-19(27)9-7-18/h2-9,14,27H,10-13,15H2,1H3,(H,23,28). The molecule has 29 heavy (non-hydrogen) atoms. The Morgan fingerprint density at radius 1 is 1.07 bits per heavy atom. The molecular formula is C22H24N4O3. The van der Waals surface area contributed by atoms with Crippen LogP contribution in [-0.4, -0.2) is 53.8 Å². The van der Waals surface area contributed by atoms with E-state index in [4.69, 9.17) is 4.52 Å². The van der Waals surface area contributed by atoms with E-state index in [0.717, 1.165) is 37.4 Å². The number of phenolic OH excluding ortho intramolecular Hbond substituents is 1. The molecule has 1 aliphatic rings. The van der Waals surface area contributed by atoms with Crippen LogP contribution in [0.4, 0.5) is 11.6 Å². The number of aromatic nitrogens is 1. The van der Waals surface area contributed by atoms with Crippen LogP contribution < -0.4 is 10.2 Å². The van der Waals surface area contributed by atoms with Gasteiger partial charge in [0.05, 0.1) is 6.54 Å². The fourth-order valence-corrected chi connectivity index (χ4v) is 3.40. The van der Waals surface area contributed by atoms with Crippen molar-refractivity contribution in [2.45, 2.75) is 6.92 Å². The zero-order chi connectivity index (χ0) is 20.2.